The Balaban J connectivity index is 0.00000361. The Labute approximate surface area is 127 Å². The molecule has 0 spiro atoms. The highest BCUT2D eigenvalue weighted by Crippen LogP contribution is 2.17. The molecule has 1 unspecified atom stereocenters. The minimum atomic E-state index is -0.451. The fraction of sp³-hybridized carbons (Fsp3) is 0.846. The second-order valence-corrected chi connectivity index (χ2v) is 5.41. The Hall–Kier alpha value is -1.01. The maximum absolute atomic E-state index is 12.1. The van der Waals surface area contributed by atoms with E-state index in [-0.39, 0.29) is 29.8 Å². The van der Waals surface area contributed by atoms with Crippen LogP contribution in [-0.2, 0) is 4.79 Å². The van der Waals surface area contributed by atoms with E-state index >= 15 is 0 Å². The van der Waals surface area contributed by atoms with Crippen LogP contribution in [0, 0.1) is 5.92 Å². The predicted molar refractivity (Wildman–Crippen MR) is 81.6 cm³/mol. The number of urea groups is 1. The molecule has 0 radical (unpaired) electrons. The molecule has 1 aliphatic heterocycles. The molecule has 0 aromatic heterocycles. The standard InChI is InChI=1S/C13H26N4O2.ClH/c1-3-13(15,4-2)9-16-11(18)10-6-5-7-17(8-10)12(14)19;/h10H,3-9,15H2,1-2H3,(H2,14,19)(H,16,18);1H. The molecule has 0 aromatic rings. The van der Waals surface area contributed by atoms with Crippen LogP contribution in [0.25, 0.3) is 0 Å². The highest BCUT2D eigenvalue weighted by Gasteiger charge is 2.29. The van der Waals surface area contributed by atoms with Crippen molar-refractivity contribution >= 4 is 24.3 Å². The molecule has 6 nitrogen and oxygen atoms in total. The van der Waals surface area contributed by atoms with E-state index in [1.807, 2.05) is 13.8 Å². The molecule has 1 heterocycles. The first kappa shape index (κ1) is 19.0. The molecule has 0 bridgehead atoms. The van der Waals surface area contributed by atoms with Gasteiger partial charge in [0.2, 0.25) is 5.91 Å². The van der Waals surface area contributed by atoms with E-state index < -0.39 is 6.03 Å². The number of carbonyl (C=O) groups excluding carboxylic acids is 2. The molecular weight excluding hydrogens is 280 g/mol. The molecule has 7 heteroatoms. The van der Waals surface area contributed by atoms with Crippen molar-refractivity contribution in [1.82, 2.24) is 10.2 Å². The number of nitrogens with one attached hydrogen (secondary N) is 1. The molecule has 118 valence electrons. The van der Waals surface area contributed by atoms with Crippen molar-refractivity contribution in [3.05, 3.63) is 0 Å². The number of primary amides is 1. The van der Waals surface area contributed by atoms with Gasteiger partial charge in [0, 0.05) is 25.2 Å². The number of halogens is 1. The zero-order valence-electron chi connectivity index (χ0n) is 12.4. The number of piperidine rings is 1. The van der Waals surface area contributed by atoms with Gasteiger partial charge in [-0.2, -0.15) is 0 Å². The van der Waals surface area contributed by atoms with Crippen LogP contribution in [-0.4, -0.2) is 42.0 Å². The van der Waals surface area contributed by atoms with Crippen LogP contribution >= 0.6 is 12.4 Å². The number of carbonyl (C=O) groups is 2. The minimum Gasteiger partial charge on any atom is -0.354 e. The van der Waals surface area contributed by atoms with E-state index in [4.69, 9.17) is 11.5 Å². The summed E-state index contributed by atoms with van der Waals surface area (Å²) in [6.45, 7) is 5.57. The fourth-order valence-electron chi connectivity index (χ4n) is 2.30. The molecule has 1 fully saturated rings. The molecule has 1 atom stereocenters. The van der Waals surface area contributed by atoms with Gasteiger partial charge in [-0.25, -0.2) is 4.79 Å². The summed E-state index contributed by atoms with van der Waals surface area (Å²) in [5, 5.41) is 2.91. The lowest BCUT2D eigenvalue weighted by Crippen LogP contribution is -2.52. The first-order valence-corrected chi connectivity index (χ1v) is 7.03. The molecule has 5 N–H and O–H groups in total. The van der Waals surface area contributed by atoms with Gasteiger partial charge >= 0.3 is 6.03 Å². The number of hydrogen-bond donors (Lipinski definition) is 3. The molecule has 3 amide bonds. The molecule has 1 aliphatic rings. The van der Waals surface area contributed by atoms with E-state index in [1.54, 1.807) is 0 Å². The van der Waals surface area contributed by atoms with Gasteiger partial charge in [-0.05, 0) is 25.7 Å². The molecule has 20 heavy (non-hydrogen) atoms. The Morgan fingerprint density at radius 3 is 2.45 bits per heavy atom. The Kier molecular flexibility index (Phi) is 7.90. The lowest BCUT2D eigenvalue weighted by atomic mass is 9.93. The largest absolute Gasteiger partial charge is 0.354 e. The third-order valence-electron chi connectivity index (χ3n) is 4.13. The highest BCUT2D eigenvalue weighted by atomic mass is 35.5. The van der Waals surface area contributed by atoms with Crippen LogP contribution in [0.5, 0.6) is 0 Å². The van der Waals surface area contributed by atoms with Crippen LogP contribution in [0.15, 0.2) is 0 Å². The highest BCUT2D eigenvalue weighted by molar-refractivity contribution is 5.85. The summed E-state index contributed by atoms with van der Waals surface area (Å²) in [5.41, 5.74) is 11.1. The van der Waals surface area contributed by atoms with E-state index in [2.05, 4.69) is 5.32 Å². The van der Waals surface area contributed by atoms with Crippen molar-refractivity contribution in [3.63, 3.8) is 0 Å². The second kappa shape index (κ2) is 8.32. The maximum atomic E-state index is 12.1. The van der Waals surface area contributed by atoms with Crippen LogP contribution in [0.3, 0.4) is 0 Å². The predicted octanol–water partition coefficient (Wildman–Crippen LogP) is 0.833. The van der Waals surface area contributed by atoms with Crippen LogP contribution < -0.4 is 16.8 Å². The summed E-state index contributed by atoms with van der Waals surface area (Å²) in [7, 11) is 0. The first-order chi connectivity index (χ1) is 8.91. The smallest absolute Gasteiger partial charge is 0.314 e. The summed E-state index contributed by atoms with van der Waals surface area (Å²) < 4.78 is 0. The van der Waals surface area contributed by atoms with Crippen molar-refractivity contribution < 1.29 is 9.59 Å². The summed E-state index contributed by atoms with van der Waals surface area (Å²) >= 11 is 0. The van der Waals surface area contributed by atoms with Crippen LogP contribution in [0.2, 0.25) is 0 Å². The topological polar surface area (TPSA) is 101 Å². The van der Waals surface area contributed by atoms with Gasteiger partial charge in [-0.1, -0.05) is 13.8 Å². The van der Waals surface area contributed by atoms with E-state index in [0.717, 1.165) is 25.7 Å². The van der Waals surface area contributed by atoms with Gasteiger partial charge in [-0.3, -0.25) is 4.79 Å². The monoisotopic (exact) mass is 306 g/mol. The van der Waals surface area contributed by atoms with E-state index in [0.29, 0.717) is 19.6 Å². The number of nitrogens with zero attached hydrogens (tertiary/aromatic N) is 1. The normalized spacial score (nSPS) is 19.1. The van der Waals surface area contributed by atoms with Gasteiger partial charge in [0.25, 0.3) is 0 Å². The number of hydrogen-bond acceptors (Lipinski definition) is 3. The van der Waals surface area contributed by atoms with Crippen molar-refractivity contribution in [2.24, 2.45) is 17.4 Å². The third kappa shape index (κ3) is 5.17. The summed E-state index contributed by atoms with van der Waals surface area (Å²) in [4.78, 5) is 24.8. The Morgan fingerprint density at radius 1 is 1.35 bits per heavy atom. The Bertz CT molecular complexity index is 334. The van der Waals surface area contributed by atoms with Crippen LogP contribution in [0.1, 0.15) is 39.5 Å². The number of likely N-dealkylation sites (tertiary alicyclic amines) is 1. The van der Waals surface area contributed by atoms with Crippen LogP contribution in [0.4, 0.5) is 4.79 Å². The number of amides is 3. The van der Waals surface area contributed by atoms with Crippen molar-refractivity contribution in [1.29, 1.82) is 0 Å². The lowest BCUT2D eigenvalue weighted by Gasteiger charge is -2.32. The fourth-order valence-corrected chi connectivity index (χ4v) is 2.30. The number of rotatable bonds is 5. The molecule has 1 rings (SSSR count). The summed E-state index contributed by atoms with van der Waals surface area (Å²) in [6, 6.07) is -0.451. The molecule has 0 saturated carbocycles. The first-order valence-electron chi connectivity index (χ1n) is 7.03. The zero-order chi connectivity index (χ0) is 14.5. The molecule has 0 aliphatic carbocycles. The summed E-state index contributed by atoms with van der Waals surface area (Å²) in [5.74, 6) is -0.193. The maximum Gasteiger partial charge on any atom is 0.314 e. The molecular formula is C13H27ClN4O2. The van der Waals surface area contributed by atoms with Gasteiger partial charge < -0.3 is 21.7 Å². The summed E-state index contributed by atoms with van der Waals surface area (Å²) in [6.07, 6.45) is 3.26. The number of nitrogens with two attached hydrogens (primary N) is 2. The SMILES string of the molecule is CCC(N)(CC)CNC(=O)C1CCCN(C(N)=O)C1.Cl. The van der Waals surface area contributed by atoms with Gasteiger partial charge in [0.05, 0.1) is 5.92 Å². The van der Waals surface area contributed by atoms with Crippen molar-refractivity contribution in [3.8, 4) is 0 Å². The van der Waals surface area contributed by atoms with Crippen molar-refractivity contribution in [2.75, 3.05) is 19.6 Å². The zero-order valence-corrected chi connectivity index (χ0v) is 13.2. The quantitative estimate of drug-likeness (QED) is 0.701. The van der Waals surface area contributed by atoms with Crippen molar-refractivity contribution in [2.45, 2.75) is 45.1 Å². The third-order valence-corrected chi connectivity index (χ3v) is 4.13. The second-order valence-electron chi connectivity index (χ2n) is 5.41. The van der Waals surface area contributed by atoms with E-state index in [9.17, 15) is 9.59 Å². The van der Waals surface area contributed by atoms with E-state index in [1.165, 1.54) is 4.90 Å². The molecule has 0 aromatic carbocycles. The van der Waals surface area contributed by atoms with Gasteiger partial charge in [-0.15, -0.1) is 12.4 Å². The average Bonchev–Trinajstić information content (AvgIpc) is 2.44. The lowest BCUT2D eigenvalue weighted by molar-refractivity contribution is -0.126. The molecule has 1 saturated heterocycles. The van der Waals surface area contributed by atoms with Gasteiger partial charge in [0.15, 0.2) is 0 Å². The van der Waals surface area contributed by atoms with Gasteiger partial charge in [0.1, 0.15) is 0 Å². The minimum absolute atomic E-state index is 0. The Morgan fingerprint density at radius 2 is 1.95 bits per heavy atom. The average molecular weight is 307 g/mol.